The third-order valence-electron chi connectivity index (χ3n) is 1.25. The molecule has 0 fully saturated rings. The maximum Gasteiger partial charge on any atom is 0.328 e. The van der Waals surface area contributed by atoms with Crippen molar-refractivity contribution in [2.24, 2.45) is 0 Å². The summed E-state index contributed by atoms with van der Waals surface area (Å²) >= 11 is 0. The van der Waals surface area contributed by atoms with E-state index in [-0.39, 0.29) is 0 Å². The van der Waals surface area contributed by atoms with E-state index in [9.17, 15) is 9.59 Å². The standard InChI is InChI=1S/C11H12O4/c1-8(2)7-9(3-5-10(12)13)4-6-11(14)15/h3-7H,1H2,2H3,(H,12,13)(H,14,15). The van der Waals surface area contributed by atoms with Crippen LogP contribution in [0.1, 0.15) is 6.92 Å². The third-order valence-corrected chi connectivity index (χ3v) is 1.25. The number of allylic oxidation sites excluding steroid dienone is 5. The van der Waals surface area contributed by atoms with Crippen molar-refractivity contribution in [3.8, 4) is 0 Å². The van der Waals surface area contributed by atoms with E-state index in [1.54, 1.807) is 13.0 Å². The van der Waals surface area contributed by atoms with Crippen LogP contribution < -0.4 is 0 Å². The van der Waals surface area contributed by atoms with E-state index in [0.717, 1.165) is 12.2 Å². The second kappa shape index (κ2) is 6.37. The van der Waals surface area contributed by atoms with Crippen LogP contribution in [0.5, 0.6) is 0 Å². The molecule has 4 heteroatoms. The molecule has 2 N–H and O–H groups in total. The fourth-order valence-corrected chi connectivity index (χ4v) is 0.771. The molecule has 0 aromatic carbocycles. The Kier molecular flexibility index (Phi) is 5.48. The van der Waals surface area contributed by atoms with Crippen molar-refractivity contribution in [2.45, 2.75) is 6.92 Å². The molecule has 0 bridgehead atoms. The molecule has 0 rings (SSSR count). The predicted molar refractivity (Wildman–Crippen MR) is 56.4 cm³/mol. The molecule has 0 amide bonds. The minimum absolute atomic E-state index is 0.465. The van der Waals surface area contributed by atoms with E-state index in [1.165, 1.54) is 12.2 Å². The van der Waals surface area contributed by atoms with Gasteiger partial charge < -0.3 is 10.2 Å². The van der Waals surface area contributed by atoms with E-state index in [4.69, 9.17) is 10.2 Å². The molecule has 4 nitrogen and oxygen atoms in total. The topological polar surface area (TPSA) is 74.6 Å². The number of hydrogen-bond acceptors (Lipinski definition) is 2. The zero-order valence-corrected chi connectivity index (χ0v) is 8.30. The number of aliphatic carboxylic acids is 2. The van der Waals surface area contributed by atoms with Crippen LogP contribution in [0, 0.1) is 0 Å². The molecule has 0 aliphatic heterocycles. The van der Waals surface area contributed by atoms with E-state index in [2.05, 4.69) is 6.58 Å². The summed E-state index contributed by atoms with van der Waals surface area (Å²) in [6, 6.07) is 0. The molecule has 0 unspecified atom stereocenters. The summed E-state index contributed by atoms with van der Waals surface area (Å²) in [5.41, 5.74) is 1.17. The van der Waals surface area contributed by atoms with Crippen LogP contribution in [0.25, 0.3) is 0 Å². The van der Waals surface area contributed by atoms with Gasteiger partial charge in [-0.1, -0.05) is 18.2 Å². The van der Waals surface area contributed by atoms with Crippen molar-refractivity contribution in [3.05, 3.63) is 48.1 Å². The van der Waals surface area contributed by atoms with Crippen LogP contribution in [-0.4, -0.2) is 22.2 Å². The van der Waals surface area contributed by atoms with Crippen molar-refractivity contribution in [2.75, 3.05) is 0 Å². The van der Waals surface area contributed by atoms with Crippen molar-refractivity contribution >= 4 is 11.9 Å². The first-order valence-electron chi connectivity index (χ1n) is 4.11. The lowest BCUT2D eigenvalue weighted by Crippen LogP contribution is -1.89. The zero-order valence-electron chi connectivity index (χ0n) is 8.30. The molecule has 80 valence electrons. The largest absolute Gasteiger partial charge is 0.478 e. The van der Waals surface area contributed by atoms with Gasteiger partial charge in [-0.05, 0) is 24.6 Å². The minimum atomic E-state index is -1.09. The highest BCUT2D eigenvalue weighted by molar-refractivity contribution is 5.82. The normalized spacial score (nSPS) is 10.5. The molecule has 0 atom stereocenters. The maximum atomic E-state index is 10.3. The van der Waals surface area contributed by atoms with Gasteiger partial charge in [0, 0.05) is 12.2 Å². The minimum Gasteiger partial charge on any atom is -0.478 e. The molecule has 0 radical (unpaired) electrons. The Morgan fingerprint density at radius 2 is 1.40 bits per heavy atom. The van der Waals surface area contributed by atoms with Crippen LogP contribution in [-0.2, 0) is 9.59 Å². The van der Waals surface area contributed by atoms with Gasteiger partial charge in [0.15, 0.2) is 0 Å². The predicted octanol–water partition coefficient (Wildman–Crippen LogP) is 1.77. The monoisotopic (exact) mass is 208 g/mol. The molecular weight excluding hydrogens is 196 g/mol. The molecule has 0 aromatic rings. The van der Waals surface area contributed by atoms with Crippen LogP contribution in [0.2, 0.25) is 0 Å². The van der Waals surface area contributed by atoms with Crippen LogP contribution >= 0.6 is 0 Å². The highest BCUT2D eigenvalue weighted by Crippen LogP contribution is 2.04. The average Bonchev–Trinajstić information content (AvgIpc) is 2.08. The molecule has 0 saturated carbocycles. The molecule has 0 saturated heterocycles. The fraction of sp³-hybridized carbons (Fsp3) is 0.0909. The molecule has 0 spiro atoms. The molecule has 15 heavy (non-hydrogen) atoms. The van der Waals surface area contributed by atoms with Crippen molar-refractivity contribution in [1.29, 1.82) is 0 Å². The number of carboxylic acids is 2. The fourth-order valence-electron chi connectivity index (χ4n) is 0.771. The van der Waals surface area contributed by atoms with Gasteiger partial charge in [-0.25, -0.2) is 9.59 Å². The molecule has 0 heterocycles. The number of rotatable bonds is 5. The quantitative estimate of drug-likeness (QED) is 0.533. The zero-order chi connectivity index (χ0) is 11.8. The van der Waals surface area contributed by atoms with E-state index in [1.807, 2.05) is 0 Å². The summed E-state index contributed by atoms with van der Waals surface area (Å²) in [5, 5.41) is 16.8. The van der Waals surface area contributed by atoms with Gasteiger partial charge in [-0.15, -0.1) is 0 Å². The van der Waals surface area contributed by atoms with Gasteiger partial charge in [0.1, 0.15) is 0 Å². The number of carboxylic acid groups (broad SMARTS) is 2. The number of hydrogen-bond donors (Lipinski definition) is 2. The molecule has 0 aliphatic rings. The van der Waals surface area contributed by atoms with Crippen molar-refractivity contribution in [1.82, 2.24) is 0 Å². The first-order chi connectivity index (χ1) is 6.91. The van der Waals surface area contributed by atoms with E-state index < -0.39 is 11.9 Å². The van der Waals surface area contributed by atoms with Crippen LogP contribution in [0.15, 0.2) is 48.1 Å². The number of carbonyl (C=O) groups is 2. The Labute approximate surface area is 87.5 Å². The van der Waals surface area contributed by atoms with Crippen LogP contribution in [0.3, 0.4) is 0 Å². The van der Waals surface area contributed by atoms with Crippen molar-refractivity contribution < 1.29 is 19.8 Å². The summed E-state index contributed by atoms with van der Waals surface area (Å²) in [4.78, 5) is 20.5. The maximum absolute atomic E-state index is 10.3. The summed E-state index contributed by atoms with van der Waals surface area (Å²) in [6.45, 7) is 5.34. The van der Waals surface area contributed by atoms with Gasteiger partial charge in [0.05, 0.1) is 0 Å². The third kappa shape index (κ3) is 8.24. The smallest absolute Gasteiger partial charge is 0.328 e. The highest BCUT2D eigenvalue weighted by Gasteiger charge is 1.92. The Balaban J connectivity index is 4.83. The van der Waals surface area contributed by atoms with E-state index >= 15 is 0 Å². The first kappa shape index (κ1) is 12.9. The second-order valence-corrected chi connectivity index (χ2v) is 2.83. The van der Waals surface area contributed by atoms with E-state index in [0.29, 0.717) is 11.1 Å². The lowest BCUT2D eigenvalue weighted by atomic mass is 10.1. The van der Waals surface area contributed by atoms with Crippen molar-refractivity contribution in [3.63, 3.8) is 0 Å². The Morgan fingerprint density at radius 3 is 1.67 bits per heavy atom. The summed E-state index contributed by atoms with van der Waals surface area (Å²) in [5.74, 6) is -2.18. The Morgan fingerprint density at radius 1 is 1.00 bits per heavy atom. The lowest BCUT2D eigenvalue weighted by molar-refractivity contribution is -0.132. The van der Waals surface area contributed by atoms with Crippen LogP contribution in [0.4, 0.5) is 0 Å². The molecule has 0 aromatic heterocycles. The first-order valence-corrected chi connectivity index (χ1v) is 4.11. The highest BCUT2D eigenvalue weighted by atomic mass is 16.4. The summed E-state index contributed by atoms with van der Waals surface area (Å²) < 4.78 is 0. The Hall–Kier alpha value is -2.10. The van der Waals surface area contributed by atoms with Gasteiger partial charge in [0.2, 0.25) is 0 Å². The molecular formula is C11H12O4. The SMILES string of the molecule is C=C(C)C=C(C=CC(=O)O)C=CC(=O)O. The lowest BCUT2D eigenvalue weighted by Gasteiger charge is -1.93. The summed E-state index contributed by atoms with van der Waals surface area (Å²) in [7, 11) is 0. The van der Waals surface area contributed by atoms with Gasteiger partial charge in [-0.2, -0.15) is 0 Å². The second-order valence-electron chi connectivity index (χ2n) is 2.83. The average molecular weight is 208 g/mol. The molecule has 0 aliphatic carbocycles. The van der Waals surface area contributed by atoms with Gasteiger partial charge in [-0.3, -0.25) is 0 Å². The Bertz CT molecular complexity index is 333. The van der Waals surface area contributed by atoms with Gasteiger partial charge in [0.25, 0.3) is 0 Å². The van der Waals surface area contributed by atoms with Gasteiger partial charge >= 0.3 is 11.9 Å². The summed E-state index contributed by atoms with van der Waals surface area (Å²) in [6.07, 6.45) is 6.05.